The Morgan fingerprint density at radius 1 is 1.29 bits per heavy atom. The van der Waals surface area contributed by atoms with E-state index in [2.05, 4.69) is 4.98 Å². The van der Waals surface area contributed by atoms with Crippen LogP contribution in [0.5, 0.6) is 5.75 Å². The summed E-state index contributed by atoms with van der Waals surface area (Å²) in [6.07, 6.45) is 1.29. The van der Waals surface area contributed by atoms with Gasteiger partial charge in [-0.3, -0.25) is 0 Å². The van der Waals surface area contributed by atoms with Gasteiger partial charge in [0.15, 0.2) is 0 Å². The van der Waals surface area contributed by atoms with Crippen LogP contribution in [-0.2, 0) is 6.54 Å². The minimum Gasteiger partial charge on any atom is -0.506 e. The molecule has 106 valence electrons. The molecular weight excluding hydrogens is 292 g/mol. The molecule has 0 aliphatic rings. The third-order valence-electron chi connectivity index (χ3n) is 3.22. The average molecular weight is 303 g/mol. The normalized spacial score (nSPS) is 10.9. The van der Waals surface area contributed by atoms with Crippen LogP contribution < -0.4 is 0 Å². The predicted molar refractivity (Wildman–Crippen MR) is 78.9 cm³/mol. The van der Waals surface area contributed by atoms with Crippen molar-refractivity contribution >= 4 is 28.6 Å². The Hall–Kier alpha value is -2.53. The van der Waals surface area contributed by atoms with Crippen LogP contribution in [-0.4, -0.2) is 25.7 Å². The molecule has 1 aromatic carbocycles. The molecule has 0 atom stereocenters. The zero-order valence-corrected chi connectivity index (χ0v) is 11.6. The molecule has 21 heavy (non-hydrogen) atoms. The van der Waals surface area contributed by atoms with Crippen LogP contribution in [0.4, 0.5) is 0 Å². The van der Waals surface area contributed by atoms with E-state index in [1.54, 1.807) is 10.6 Å². The maximum atomic E-state index is 11.4. The van der Waals surface area contributed by atoms with Crippen LogP contribution in [0.2, 0.25) is 5.02 Å². The smallest absolute Gasteiger partial charge is 0.352 e. The maximum absolute atomic E-state index is 11.4. The quantitative estimate of drug-likeness (QED) is 0.779. The molecule has 0 bridgehead atoms. The lowest BCUT2D eigenvalue weighted by Crippen LogP contribution is -2.10. The lowest BCUT2D eigenvalue weighted by molar-refractivity contribution is 0.0686. The maximum Gasteiger partial charge on any atom is 0.352 e. The molecule has 2 aromatic heterocycles. The SMILES string of the molecule is O=C(O)c1cc2cc(O)cnc2n1Cc1ccccc1Cl. The second-order valence-electron chi connectivity index (χ2n) is 4.62. The van der Waals surface area contributed by atoms with Gasteiger partial charge in [0.25, 0.3) is 0 Å². The first-order chi connectivity index (χ1) is 10.1. The molecule has 0 saturated carbocycles. The summed E-state index contributed by atoms with van der Waals surface area (Å²) < 4.78 is 1.57. The minimum atomic E-state index is -1.06. The summed E-state index contributed by atoms with van der Waals surface area (Å²) in [5, 5.41) is 19.9. The van der Waals surface area contributed by atoms with E-state index in [0.717, 1.165) is 5.56 Å². The van der Waals surface area contributed by atoms with E-state index in [0.29, 0.717) is 22.6 Å². The Labute approximate surface area is 125 Å². The van der Waals surface area contributed by atoms with Crippen molar-refractivity contribution in [2.75, 3.05) is 0 Å². The summed E-state index contributed by atoms with van der Waals surface area (Å²) in [5.74, 6) is -1.06. The number of halogens is 1. The second kappa shape index (κ2) is 5.10. The molecule has 0 radical (unpaired) electrons. The van der Waals surface area contributed by atoms with Gasteiger partial charge in [-0.15, -0.1) is 0 Å². The molecule has 0 fully saturated rings. The molecule has 2 N–H and O–H groups in total. The number of aromatic hydroxyl groups is 1. The first-order valence-corrected chi connectivity index (χ1v) is 6.59. The van der Waals surface area contributed by atoms with Crippen LogP contribution in [0, 0.1) is 0 Å². The number of hydrogen-bond acceptors (Lipinski definition) is 3. The Balaban J connectivity index is 2.18. The summed E-state index contributed by atoms with van der Waals surface area (Å²) in [5.41, 5.74) is 1.39. The summed E-state index contributed by atoms with van der Waals surface area (Å²) in [4.78, 5) is 15.5. The van der Waals surface area contributed by atoms with Crippen molar-refractivity contribution in [2.45, 2.75) is 6.54 Å². The van der Waals surface area contributed by atoms with Crippen LogP contribution in [0.1, 0.15) is 16.1 Å². The average Bonchev–Trinajstić information content (AvgIpc) is 2.79. The van der Waals surface area contributed by atoms with Crippen molar-refractivity contribution in [2.24, 2.45) is 0 Å². The Morgan fingerprint density at radius 2 is 2.05 bits per heavy atom. The fraction of sp³-hybridized carbons (Fsp3) is 0.0667. The van der Waals surface area contributed by atoms with Gasteiger partial charge in [0.05, 0.1) is 12.7 Å². The summed E-state index contributed by atoms with van der Waals surface area (Å²) in [6.45, 7) is 0.294. The fourth-order valence-electron chi connectivity index (χ4n) is 2.27. The van der Waals surface area contributed by atoms with Crippen molar-refractivity contribution in [3.05, 3.63) is 58.9 Å². The highest BCUT2D eigenvalue weighted by atomic mass is 35.5. The number of carboxylic acids is 1. The lowest BCUT2D eigenvalue weighted by Gasteiger charge is -2.09. The molecule has 3 rings (SSSR count). The third kappa shape index (κ3) is 2.43. The van der Waals surface area contributed by atoms with Gasteiger partial charge < -0.3 is 14.8 Å². The van der Waals surface area contributed by atoms with Gasteiger partial charge >= 0.3 is 5.97 Å². The molecule has 0 aliphatic carbocycles. The third-order valence-corrected chi connectivity index (χ3v) is 3.59. The number of carbonyl (C=O) groups is 1. The summed E-state index contributed by atoms with van der Waals surface area (Å²) in [7, 11) is 0. The van der Waals surface area contributed by atoms with Crippen LogP contribution in [0.3, 0.4) is 0 Å². The Bertz CT molecular complexity index is 842. The van der Waals surface area contributed by atoms with E-state index in [9.17, 15) is 15.0 Å². The van der Waals surface area contributed by atoms with Gasteiger partial charge in [-0.25, -0.2) is 9.78 Å². The molecule has 0 aliphatic heterocycles. The van der Waals surface area contributed by atoms with Crippen LogP contribution in [0.15, 0.2) is 42.6 Å². The Kier molecular flexibility index (Phi) is 3.27. The first kappa shape index (κ1) is 13.5. The number of aromatic nitrogens is 2. The highest BCUT2D eigenvalue weighted by Crippen LogP contribution is 2.24. The van der Waals surface area contributed by atoms with Crippen molar-refractivity contribution in [3.8, 4) is 5.75 Å². The standard InChI is InChI=1S/C15H11ClN2O3/c16-12-4-2-1-3-9(12)8-18-13(15(20)21)6-10-5-11(19)7-17-14(10)18/h1-7,19H,8H2,(H,20,21). The molecule has 3 aromatic rings. The molecule has 2 heterocycles. The molecule has 0 spiro atoms. The summed E-state index contributed by atoms with van der Waals surface area (Å²) in [6, 6.07) is 10.2. The molecule has 0 unspecified atom stereocenters. The largest absolute Gasteiger partial charge is 0.506 e. The van der Waals surface area contributed by atoms with Gasteiger partial charge in [-0.1, -0.05) is 29.8 Å². The van der Waals surface area contributed by atoms with Gasteiger partial charge in [-0.05, 0) is 23.8 Å². The molecule has 5 nitrogen and oxygen atoms in total. The van der Waals surface area contributed by atoms with Gasteiger partial charge in [0.2, 0.25) is 0 Å². The number of nitrogens with zero attached hydrogens (tertiary/aromatic N) is 2. The lowest BCUT2D eigenvalue weighted by atomic mass is 10.2. The van der Waals surface area contributed by atoms with E-state index in [1.807, 2.05) is 18.2 Å². The molecule has 0 saturated heterocycles. The highest BCUT2D eigenvalue weighted by molar-refractivity contribution is 6.31. The Morgan fingerprint density at radius 3 is 2.76 bits per heavy atom. The molecular formula is C15H11ClN2O3. The monoisotopic (exact) mass is 302 g/mol. The fourth-order valence-corrected chi connectivity index (χ4v) is 2.46. The van der Waals surface area contributed by atoms with E-state index in [4.69, 9.17) is 11.6 Å². The number of hydrogen-bond donors (Lipinski definition) is 2. The van der Waals surface area contributed by atoms with Crippen LogP contribution in [0.25, 0.3) is 11.0 Å². The van der Waals surface area contributed by atoms with Crippen molar-refractivity contribution in [3.63, 3.8) is 0 Å². The van der Waals surface area contributed by atoms with E-state index >= 15 is 0 Å². The van der Waals surface area contributed by atoms with E-state index in [-0.39, 0.29) is 11.4 Å². The van der Waals surface area contributed by atoms with E-state index < -0.39 is 5.97 Å². The summed E-state index contributed by atoms with van der Waals surface area (Å²) >= 11 is 6.13. The topological polar surface area (TPSA) is 75.3 Å². The number of rotatable bonds is 3. The highest BCUT2D eigenvalue weighted by Gasteiger charge is 2.17. The number of carboxylic acid groups (broad SMARTS) is 1. The van der Waals surface area contributed by atoms with Gasteiger partial charge in [0.1, 0.15) is 17.1 Å². The number of benzene rings is 1. The van der Waals surface area contributed by atoms with Crippen molar-refractivity contribution in [1.29, 1.82) is 0 Å². The number of fused-ring (bicyclic) bond motifs is 1. The number of pyridine rings is 1. The van der Waals surface area contributed by atoms with Gasteiger partial charge in [0, 0.05) is 10.4 Å². The van der Waals surface area contributed by atoms with Gasteiger partial charge in [-0.2, -0.15) is 0 Å². The minimum absolute atomic E-state index is 0.00525. The second-order valence-corrected chi connectivity index (χ2v) is 5.03. The molecule has 0 amide bonds. The van der Waals surface area contributed by atoms with Crippen LogP contribution >= 0.6 is 11.6 Å². The predicted octanol–water partition coefficient (Wildman–Crippen LogP) is 3.14. The van der Waals surface area contributed by atoms with Crippen molar-refractivity contribution < 1.29 is 15.0 Å². The zero-order chi connectivity index (χ0) is 15.0. The zero-order valence-electron chi connectivity index (χ0n) is 10.8. The van der Waals surface area contributed by atoms with Crippen molar-refractivity contribution in [1.82, 2.24) is 9.55 Å². The van der Waals surface area contributed by atoms with E-state index in [1.165, 1.54) is 18.3 Å². The molecule has 6 heteroatoms. The number of aromatic carboxylic acids is 1. The first-order valence-electron chi connectivity index (χ1n) is 6.21.